The SMILES string of the molecule is COc1cc2ccccc2cc1C(=O)O[C@@H](C)C(=O)Nc1c(C)cccc1C(C)C. The van der Waals surface area contributed by atoms with E-state index in [0.29, 0.717) is 5.75 Å². The summed E-state index contributed by atoms with van der Waals surface area (Å²) in [5, 5.41) is 4.78. The van der Waals surface area contributed by atoms with Crippen molar-refractivity contribution < 1.29 is 19.1 Å². The van der Waals surface area contributed by atoms with Crippen molar-refractivity contribution in [2.24, 2.45) is 0 Å². The summed E-state index contributed by atoms with van der Waals surface area (Å²) in [6.07, 6.45) is -0.965. The third-order valence-corrected chi connectivity index (χ3v) is 5.12. The molecule has 0 aliphatic rings. The van der Waals surface area contributed by atoms with E-state index in [-0.39, 0.29) is 17.4 Å². The Kier molecular flexibility index (Phi) is 6.40. The molecule has 0 aliphatic carbocycles. The smallest absolute Gasteiger partial charge is 0.342 e. The number of methoxy groups -OCH3 is 1. The summed E-state index contributed by atoms with van der Waals surface area (Å²) in [4.78, 5) is 25.5. The normalized spacial score (nSPS) is 11.9. The van der Waals surface area contributed by atoms with Crippen molar-refractivity contribution in [2.75, 3.05) is 12.4 Å². The number of ether oxygens (including phenoxy) is 2. The second-order valence-corrected chi connectivity index (χ2v) is 7.63. The van der Waals surface area contributed by atoms with Crippen molar-refractivity contribution >= 4 is 28.3 Å². The van der Waals surface area contributed by atoms with Gasteiger partial charge in [0.15, 0.2) is 6.10 Å². The molecule has 156 valence electrons. The minimum Gasteiger partial charge on any atom is -0.496 e. The van der Waals surface area contributed by atoms with Crippen molar-refractivity contribution in [2.45, 2.75) is 39.7 Å². The molecular formula is C25H27NO4. The molecule has 0 saturated carbocycles. The van der Waals surface area contributed by atoms with Gasteiger partial charge in [0.2, 0.25) is 0 Å². The maximum absolute atomic E-state index is 12.8. The molecule has 3 aromatic rings. The number of carbonyl (C=O) groups is 2. The lowest BCUT2D eigenvalue weighted by Crippen LogP contribution is -2.30. The number of para-hydroxylation sites is 1. The molecule has 5 nitrogen and oxygen atoms in total. The van der Waals surface area contributed by atoms with E-state index >= 15 is 0 Å². The first-order valence-corrected chi connectivity index (χ1v) is 10.00. The average Bonchev–Trinajstić information content (AvgIpc) is 2.73. The van der Waals surface area contributed by atoms with Crippen molar-refractivity contribution in [3.8, 4) is 5.75 Å². The molecule has 0 heterocycles. The van der Waals surface area contributed by atoms with E-state index in [2.05, 4.69) is 19.2 Å². The number of nitrogens with one attached hydrogen (secondary N) is 1. The highest BCUT2D eigenvalue weighted by molar-refractivity contribution is 6.01. The Balaban J connectivity index is 1.79. The maximum Gasteiger partial charge on any atom is 0.342 e. The van der Waals surface area contributed by atoms with Gasteiger partial charge in [0.1, 0.15) is 11.3 Å². The lowest BCUT2D eigenvalue weighted by Gasteiger charge is -2.19. The fraction of sp³-hybridized carbons (Fsp3) is 0.280. The van der Waals surface area contributed by atoms with Crippen molar-refractivity contribution in [3.05, 3.63) is 71.3 Å². The predicted octanol–water partition coefficient (Wildman–Crippen LogP) is 5.46. The molecule has 3 rings (SSSR count). The Hall–Kier alpha value is -3.34. The summed E-state index contributed by atoms with van der Waals surface area (Å²) in [6.45, 7) is 7.64. The summed E-state index contributed by atoms with van der Waals surface area (Å²) in [5.74, 6) is -0.319. The van der Waals surface area contributed by atoms with Crippen LogP contribution in [0.1, 0.15) is 48.2 Å². The molecule has 0 saturated heterocycles. The van der Waals surface area contributed by atoms with Gasteiger partial charge >= 0.3 is 5.97 Å². The average molecular weight is 405 g/mol. The minimum atomic E-state index is -0.965. The van der Waals surface area contributed by atoms with Gasteiger partial charge in [0.05, 0.1) is 7.11 Å². The van der Waals surface area contributed by atoms with Crippen LogP contribution in [0, 0.1) is 6.92 Å². The number of rotatable bonds is 6. The van der Waals surface area contributed by atoms with E-state index in [9.17, 15) is 9.59 Å². The quantitative estimate of drug-likeness (QED) is 0.553. The van der Waals surface area contributed by atoms with E-state index < -0.39 is 12.1 Å². The van der Waals surface area contributed by atoms with Crippen molar-refractivity contribution in [1.82, 2.24) is 0 Å². The molecule has 0 unspecified atom stereocenters. The van der Waals surface area contributed by atoms with Gasteiger partial charge in [-0.2, -0.15) is 0 Å². The van der Waals surface area contributed by atoms with Gasteiger partial charge in [0, 0.05) is 5.69 Å². The molecule has 0 fully saturated rings. The van der Waals surface area contributed by atoms with E-state index in [4.69, 9.17) is 9.47 Å². The first-order chi connectivity index (χ1) is 14.3. The lowest BCUT2D eigenvalue weighted by atomic mass is 9.98. The van der Waals surface area contributed by atoms with Gasteiger partial charge in [-0.05, 0) is 53.8 Å². The van der Waals surface area contributed by atoms with Crippen LogP contribution < -0.4 is 10.1 Å². The van der Waals surface area contributed by atoms with Crippen LogP contribution in [0.25, 0.3) is 10.8 Å². The van der Waals surface area contributed by atoms with Gasteiger partial charge < -0.3 is 14.8 Å². The van der Waals surface area contributed by atoms with Gasteiger partial charge in [-0.15, -0.1) is 0 Å². The molecule has 0 bridgehead atoms. The number of carbonyl (C=O) groups excluding carboxylic acids is 2. The van der Waals surface area contributed by atoms with Gasteiger partial charge in [0.25, 0.3) is 5.91 Å². The fourth-order valence-electron chi connectivity index (χ4n) is 3.39. The van der Waals surface area contributed by atoms with E-state index in [1.165, 1.54) is 7.11 Å². The van der Waals surface area contributed by atoms with Crippen molar-refractivity contribution in [1.29, 1.82) is 0 Å². The topological polar surface area (TPSA) is 64.6 Å². The highest BCUT2D eigenvalue weighted by atomic mass is 16.5. The van der Waals surface area contributed by atoms with Gasteiger partial charge in [-0.3, -0.25) is 4.79 Å². The lowest BCUT2D eigenvalue weighted by molar-refractivity contribution is -0.123. The predicted molar refractivity (Wildman–Crippen MR) is 119 cm³/mol. The number of aryl methyl sites for hydroxylation is 1. The number of hydrogen-bond acceptors (Lipinski definition) is 4. The van der Waals surface area contributed by atoms with Crippen LogP contribution in [0.4, 0.5) is 5.69 Å². The zero-order valence-electron chi connectivity index (χ0n) is 18.0. The largest absolute Gasteiger partial charge is 0.496 e. The Morgan fingerprint density at radius 3 is 2.23 bits per heavy atom. The van der Waals surface area contributed by atoms with Crippen LogP contribution in [0.15, 0.2) is 54.6 Å². The van der Waals surface area contributed by atoms with Crippen LogP contribution in [-0.4, -0.2) is 25.1 Å². The first-order valence-electron chi connectivity index (χ1n) is 10.00. The number of amides is 1. The molecule has 0 aliphatic heterocycles. The van der Waals surface area contributed by atoms with Crippen LogP contribution >= 0.6 is 0 Å². The number of hydrogen-bond donors (Lipinski definition) is 1. The fourth-order valence-corrected chi connectivity index (χ4v) is 3.39. The Morgan fingerprint density at radius 2 is 1.60 bits per heavy atom. The molecule has 3 aromatic carbocycles. The maximum atomic E-state index is 12.8. The molecule has 1 atom stereocenters. The first kappa shape index (κ1) is 21.4. The van der Waals surface area contributed by atoms with Gasteiger partial charge in [-0.1, -0.05) is 56.3 Å². The summed E-state index contributed by atoms with van der Waals surface area (Å²) >= 11 is 0. The van der Waals surface area contributed by atoms with E-state index in [1.54, 1.807) is 19.1 Å². The standard InChI is InChI=1S/C25H27NO4/c1-15(2)20-12-8-9-16(3)23(20)26-24(27)17(4)30-25(28)21-13-18-10-6-7-11-19(18)14-22(21)29-5/h6-15,17H,1-5H3,(H,26,27)/t17-/m0/s1. The Morgan fingerprint density at radius 1 is 0.933 bits per heavy atom. The summed E-state index contributed by atoms with van der Waals surface area (Å²) in [6, 6.07) is 17.1. The second kappa shape index (κ2) is 8.99. The zero-order chi connectivity index (χ0) is 21.8. The summed E-state index contributed by atoms with van der Waals surface area (Å²) < 4.78 is 10.8. The summed E-state index contributed by atoms with van der Waals surface area (Å²) in [7, 11) is 1.50. The summed E-state index contributed by atoms with van der Waals surface area (Å²) in [5.41, 5.74) is 3.06. The van der Waals surface area contributed by atoms with Crippen LogP contribution in [-0.2, 0) is 9.53 Å². The van der Waals surface area contributed by atoms with Gasteiger partial charge in [-0.25, -0.2) is 4.79 Å². The number of benzene rings is 3. The zero-order valence-corrected chi connectivity index (χ0v) is 18.0. The van der Waals surface area contributed by atoms with Crippen LogP contribution in [0.5, 0.6) is 5.75 Å². The monoisotopic (exact) mass is 405 g/mol. The Labute approximate surface area is 177 Å². The second-order valence-electron chi connectivity index (χ2n) is 7.63. The van der Waals surface area contributed by atoms with Crippen molar-refractivity contribution in [3.63, 3.8) is 0 Å². The highest BCUT2D eigenvalue weighted by Crippen LogP contribution is 2.29. The van der Waals surface area contributed by atoms with Crippen LogP contribution in [0.3, 0.4) is 0 Å². The third kappa shape index (κ3) is 4.46. The molecular weight excluding hydrogens is 378 g/mol. The van der Waals surface area contributed by atoms with E-state index in [1.807, 2.05) is 49.4 Å². The third-order valence-electron chi connectivity index (χ3n) is 5.12. The molecule has 30 heavy (non-hydrogen) atoms. The molecule has 0 aromatic heterocycles. The number of anilines is 1. The van der Waals surface area contributed by atoms with Crippen LogP contribution in [0.2, 0.25) is 0 Å². The molecule has 0 radical (unpaired) electrons. The highest BCUT2D eigenvalue weighted by Gasteiger charge is 2.23. The molecule has 1 N–H and O–H groups in total. The van der Waals surface area contributed by atoms with E-state index in [0.717, 1.165) is 27.6 Å². The minimum absolute atomic E-state index is 0.250. The number of fused-ring (bicyclic) bond motifs is 1. The molecule has 1 amide bonds. The number of esters is 1. The Bertz CT molecular complexity index is 1090. The molecule has 0 spiro atoms. The molecule has 5 heteroatoms.